The van der Waals surface area contributed by atoms with Crippen LogP contribution in [0.2, 0.25) is 0 Å². The second-order valence-corrected chi connectivity index (χ2v) is 9.54. The molecular weight excluding hydrogens is 404 g/mol. The smallest absolute Gasteiger partial charge is 0.230 e. The van der Waals surface area contributed by atoms with Crippen molar-refractivity contribution in [3.63, 3.8) is 0 Å². The van der Waals surface area contributed by atoms with Gasteiger partial charge in [-0.05, 0) is 74.3 Å². The first kappa shape index (κ1) is 20.3. The normalized spacial score (nSPS) is 16.5. The van der Waals surface area contributed by atoms with Crippen molar-refractivity contribution in [3.8, 4) is 5.69 Å². The average molecular weight is 433 g/mol. The number of hydrogen-bond acceptors (Lipinski definition) is 4. The number of nitrogens with one attached hydrogen (secondary N) is 1. The molecule has 2 aliphatic rings. The van der Waals surface area contributed by atoms with E-state index in [0.29, 0.717) is 11.7 Å². The molecule has 2 aliphatic carbocycles. The minimum absolute atomic E-state index is 0.00524. The molecule has 3 aromatic rings. The van der Waals surface area contributed by atoms with Gasteiger partial charge in [-0.25, -0.2) is 0 Å². The maximum atomic E-state index is 12.7. The van der Waals surface area contributed by atoms with Crippen LogP contribution in [0.25, 0.3) is 5.69 Å². The van der Waals surface area contributed by atoms with Crippen LogP contribution in [0.1, 0.15) is 67.1 Å². The highest BCUT2D eigenvalue weighted by molar-refractivity contribution is 7.99. The van der Waals surface area contributed by atoms with E-state index < -0.39 is 0 Å². The summed E-state index contributed by atoms with van der Waals surface area (Å²) in [6, 6.07) is 16.9. The quantitative estimate of drug-likeness (QED) is 0.534. The van der Waals surface area contributed by atoms with Crippen LogP contribution < -0.4 is 5.32 Å². The van der Waals surface area contributed by atoms with E-state index in [1.54, 1.807) is 0 Å². The van der Waals surface area contributed by atoms with Gasteiger partial charge in [-0.1, -0.05) is 48.2 Å². The number of rotatable bonds is 7. The summed E-state index contributed by atoms with van der Waals surface area (Å²) >= 11 is 1.45. The van der Waals surface area contributed by atoms with Crippen molar-refractivity contribution in [2.45, 2.75) is 62.6 Å². The molecule has 1 saturated carbocycles. The van der Waals surface area contributed by atoms with Crippen molar-refractivity contribution in [1.82, 2.24) is 20.1 Å². The molecule has 1 N–H and O–H groups in total. The second-order valence-electron chi connectivity index (χ2n) is 8.60. The van der Waals surface area contributed by atoms with E-state index in [-0.39, 0.29) is 11.9 Å². The molecule has 5 nitrogen and oxygen atoms in total. The van der Waals surface area contributed by atoms with Gasteiger partial charge in [-0.2, -0.15) is 0 Å². The van der Waals surface area contributed by atoms with Gasteiger partial charge < -0.3 is 5.32 Å². The third-order valence-corrected chi connectivity index (χ3v) is 7.13. The Kier molecular flexibility index (Phi) is 5.81. The minimum Gasteiger partial charge on any atom is -0.349 e. The topological polar surface area (TPSA) is 59.8 Å². The fraction of sp³-hybridized carbons (Fsp3) is 0.400. The van der Waals surface area contributed by atoms with Crippen molar-refractivity contribution in [3.05, 3.63) is 71.0 Å². The van der Waals surface area contributed by atoms with Crippen LogP contribution in [0.3, 0.4) is 0 Å². The van der Waals surface area contributed by atoms with Crippen LogP contribution in [-0.4, -0.2) is 26.4 Å². The highest BCUT2D eigenvalue weighted by atomic mass is 32.2. The van der Waals surface area contributed by atoms with E-state index >= 15 is 0 Å². The summed E-state index contributed by atoms with van der Waals surface area (Å²) in [6.45, 7) is 2.06. The van der Waals surface area contributed by atoms with Gasteiger partial charge in [-0.3, -0.25) is 9.36 Å². The number of para-hydroxylation sites is 1. The summed E-state index contributed by atoms with van der Waals surface area (Å²) in [5.74, 6) is 1.84. The average Bonchev–Trinajstić information content (AvgIpc) is 3.57. The lowest BCUT2D eigenvalue weighted by atomic mass is 9.89. The Morgan fingerprint density at radius 1 is 1.10 bits per heavy atom. The Morgan fingerprint density at radius 2 is 1.87 bits per heavy atom. The van der Waals surface area contributed by atoms with E-state index in [1.807, 2.05) is 18.2 Å². The van der Waals surface area contributed by atoms with E-state index in [4.69, 9.17) is 0 Å². The van der Waals surface area contributed by atoms with E-state index in [9.17, 15) is 4.79 Å². The molecule has 1 heterocycles. The molecule has 160 valence electrons. The molecule has 0 aliphatic heterocycles. The molecule has 2 aromatic carbocycles. The van der Waals surface area contributed by atoms with Gasteiger partial charge in [0.15, 0.2) is 5.16 Å². The summed E-state index contributed by atoms with van der Waals surface area (Å²) in [5.41, 5.74) is 5.15. The van der Waals surface area contributed by atoms with Crippen molar-refractivity contribution >= 4 is 17.7 Å². The lowest BCUT2D eigenvalue weighted by molar-refractivity contribution is -0.119. The Bertz CT molecular complexity index is 1070. The summed E-state index contributed by atoms with van der Waals surface area (Å²) in [7, 11) is 0. The molecule has 1 amide bonds. The highest BCUT2D eigenvalue weighted by Gasteiger charge is 2.31. The molecule has 1 aromatic heterocycles. The van der Waals surface area contributed by atoms with E-state index in [1.165, 1.54) is 47.7 Å². The summed E-state index contributed by atoms with van der Waals surface area (Å²) < 4.78 is 2.11. The summed E-state index contributed by atoms with van der Waals surface area (Å²) in [5, 5.41) is 12.8. The first-order valence-electron chi connectivity index (χ1n) is 11.2. The van der Waals surface area contributed by atoms with Crippen LogP contribution in [0.5, 0.6) is 0 Å². The molecule has 1 atom stereocenters. The molecular formula is C25H28N4OS. The van der Waals surface area contributed by atoms with Crippen molar-refractivity contribution in [2.75, 3.05) is 5.75 Å². The number of hydrogen-bond donors (Lipinski definition) is 1. The second kappa shape index (κ2) is 8.87. The van der Waals surface area contributed by atoms with Crippen LogP contribution >= 0.6 is 11.8 Å². The molecule has 31 heavy (non-hydrogen) atoms. The van der Waals surface area contributed by atoms with Gasteiger partial charge in [-0.15, -0.1) is 10.2 Å². The molecule has 0 bridgehead atoms. The van der Waals surface area contributed by atoms with Crippen molar-refractivity contribution < 1.29 is 4.79 Å². The Hall–Kier alpha value is -2.60. The number of thioether (sulfide) groups is 1. The number of aryl methyl sites for hydroxylation is 2. The predicted molar refractivity (Wildman–Crippen MR) is 124 cm³/mol. The SMILES string of the molecule is CC(NC(=O)CSc1nnc(C2CC2)n1-c1ccccc1)c1ccc2c(c1)CCCC2. The Morgan fingerprint density at radius 3 is 2.65 bits per heavy atom. The van der Waals surface area contributed by atoms with E-state index in [0.717, 1.165) is 35.9 Å². The third-order valence-electron chi connectivity index (χ3n) is 6.20. The first-order chi connectivity index (χ1) is 15.2. The maximum absolute atomic E-state index is 12.7. The molecule has 5 rings (SSSR count). The van der Waals surface area contributed by atoms with Gasteiger partial charge in [0, 0.05) is 11.6 Å². The number of amides is 1. The zero-order chi connectivity index (χ0) is 21.2. The zero-order valence-corrected chi connectivity index (χ0v) is 18.7. The Labute approximate surface area is 187 Å². The van der Waals surface area contributed by atoms with Crippen LogP contribution in [0.4, 0.5) is 0 Å². The lowest BCUT2D eigenvalue weighted by Gasteiger charge is -2.20. The minimum atomic E-state index is -0.00524. The molecule has 1 unspecified atom stereocenters. The van der Waals surface area contributed by atoms with Gasteiger partial charge in [0.1, 0.15) is 5.82 Å². The van der Waals surface area contributed by atoms with Crippen molar-refractivity contribution in [1.29, 1.82) is 0 Å². The monoisotopic (exact) mass is 432 g/mol. The third kappa shape index (κ3) is 4.54. The van der Waals surface area contributed by atoms with Crippen LogP contribution in [0.15, 0.2) is 53.7 Å². The number of carbonyl (C=O) groups excluding carboxylic acids is 1. The van der Waals surface area contributed by atoms with Gasteiger partial charge in [0.2, 0.25) is 5.91 Å². The summed E-state index contributed by atoms with van der Waals surface area (Å²) in [6.07, 6.45) is 7.20. The van der Waals surface area contributed by atoms with Gasteiger partial charge in [0.25, 0.3) is 0 Å². The largest absolute Gasteiger partial charge is 0.349 e. The molecule has 6 heteroatoms. The van der Waals surface area contributed by atoms with Crippen LogP contribution in [-0.2, 0) is 17.6 Å². The number of carbonyl (C=O) groups is 1. The predicted octanol–water partition coefficient (Wildman–Crippen LogP) is 4.99. The van der Waals surface area contributed by atoms with Crippen LogP contribution in [0, 0.1) is 0 Å². The number of benzene rings is 2. The molecule has 0 radical (unpaired) electrons. The molecule has 0 saturated heterocycles. The van der Waals surface area contributed by atoms with Crippen molar-refractivity contribution in [2.24, 2.45) is 0 Å². The fourth-order valence-electron chi connectivity index (χ4n) is 4.32. The number of aromatic nitrogens is 3. The number of fused-ring (bicyclic) bond motifs is 1. The van der Waals surface area contributed by atoms with Gasteiger partial charge >= 0.3 is 0 Å². The molecule has 1 fully saturated rings. The standard InChI is InChI=1S/C25H28N4OS/c1-17(20-14-11-18-7-5-6-8-21(18)15-20)26-23(30)16-31-25-28-27-24(19-12-13-19)29(25)22-9-3-2-4-10-22/h2-4,9-11,14-15,17,19H,5-8,12-13,16H2,1H3,(H,26,30). The van der Waals surface area contributed by atoms with E-state index in [2.05, 4.69) is 57.3 Å². The summed E-state index contributed by atoms with van der Waals surface area (Å²) in [4.78, 5) is 12.7. The molecule has 0 spiro atoms. The highest BCUT2D eigenvalue weighted by Crippen LogP contribution is 2.41. The van der Waals surface area contributed by atoms with Gasteiger partial charge in [0.05, 0.1) is 11.8 Å². The number of nitrogens with zero attached hydrogens (tertiary/aromatic N) is 3. The first-order valence-corrected chi connectivity index (χ1v) is 12.2. The zero-order valence-electron chi connectivity index (χ0n) is 17.9. The lowest BCUT2D eigenvalue weighted by Crippen LogP contribution is -2.28. The maximum Gasteiger partial charge on any atom is 0.230 e. The Balaban J connectivity index is 1.25. The fourth-order valence-corrected chi connectivity index (χ4v) is 5.09.